The molecule has 0 saturated heterocycles. The van der Waals surface area contributed by atoms with Gasteiger partial charge in [0.2, 0.25) is 5.91 Å². The minimum Gasteiger partial charge on any atom is -0.456 e. The summed E-state index contributed by atoms with van der Waals surface area (Å²) < 4.78 is 44.3. The standard InChI is InChI=1S/C22H19F3N2O3S/c1-3-15-8-10-17(11-9-15)27(14(2)28)21-26-16(13-31-21)12-30-20(29)18-6-4-5-7-19(18)22(23,24)25/h4-11,13H,3,12H2,1-2H3. The molecule has 0 saturated carbocycles. The Bertz CT molecular complexity index is 1080. The molecule has 1 aromatic heterocycles. The summed E-state index contributed by atoms with van der Waals surface area (Å²) in [5.74, 6) is -1.35. The molecule has 0 atom stereocenters. The van der Waals surface area contributed by atoms with Crippen LogP contribution in [0.15, 0.2) is 53.9 Å². The molecule has 9 heteroatoms. The Labute approximate surface area is 181 Å². The summed E-state index contributed by atoms with van der Waals surface area (Å²) >= 11 is 1.17. The number of carbonyl (C=O) groups excluding carboxylic acids is 2. The van der Waals surface area contributed by atoms with E-state index >= 15 is 0 Å². The number of rotatable bonds is 6. The van der Waals surface area contributed by atoms with Crippen LogP contribution in [0.4, 0.5) is 24.0 Å². The van der Waals surface area contributed by atoms with Crippen molar-refractivity contribution in [1.29, 1.82) is 0 Å². The zero-order chi connectivity index (χ0) is 22.6. The molecule has 31 heavy (non-hydrogen) atoms. The molecule has 0 aliphatic carbocycles. The van der Waals surface area contributed by atoms with E-state index in [0.717, 1.165) is 24.1 Å². The van der Waals surface area contributed by atoms with E-state index in [9.17, 15) is 22.8 Å². The number of nitrogens with zero attached hydrogens (tertiary/aromatic N) is 2. The molecule has 3 aromatic rings. The molecule has 0 bridgehead atoms. The number of thiazole rings is 1. The highest BCUT2D eigenvalue weighted by Gasteiger charge is 2.35. The lowest BCUT2D eigenvalue weighted by molar-refractivity contribution is -0.138. The van der Waals surface area contributed by atoms with Crippen LogP contribution in [-0.4, -0.2) is 16.9 Å². The molecule has 162 valence electrons. The predicted molar refractivity (Wildman–Crippen MR) is 111 cm³/mol. The van der Waals surface area contributed by atoms with Crippen molar-refractivity contribution in [3.05, 3.63) is 76.3 Å². The van der Waals surface area contributed by atoms with Crippen molar-refractivity contribution in [2.45, 2.75) is 33.1 Å². The summed E-state index contributed by atoms with van der Waals surface area (Å²) in [6.45, 7) is 3.12. The molecule has 0 spiro atoms. The molecular formula is C22H19F3N2O3S. The highest BCUT2D eigenvalue weighted by atomic mass is 32.1. The Kier molecular flexibility index (Phi) is 6.74. The van der Waals surface area contributed by atoms with Gasteiger partial charge in [0.25, 0.3) is 0 Å². The van der Waals surface area contributed by atoms with Gasteiger partial charge in [0.1, 0.15) is 6.61 Å². The smallest absolute Gasteiger partial charge is 0.417 e. The highest BCUT2D eigenvalue weighted by Crippen LogP contribution is 2.33. The number of hydrogen-bond donors (Lipinski definition) is 0. The van der Waals surface area contributed by atoms with E-state index in [1.165, 1.54) is 35.3 Å². The maximum absolute atomic E-state index is 13.1. The summed E-state index contributed by atoms with van der Waals surface area (Å²) in [6.07, 6.45) is -3.80. The zero-order valence-electron chi connectivity index (χ0n) is 16.8. The number of ether oxygens (including phenoxy) is 1. The Morgan fingerprint density at radius 1 is 1.10 bits per heavy atom. The summed E-state index contributed by atoms with van der Waals surface area (Å²) in [4.78, 5) is 30.1. The van der Waals surface area contributed by atoms with Crippen LogP contribution in [0.1, 0.15) is 41.0 Å². The highest BCUT2D eigenvalue weighted by molar-refractivity contribution is 7.14. The molecule has 3 rings (SSSR count). The van der Waals surface area contributed by atoms with Gasteiger partial charge in [0.05, 0.1) is 22.5 Å². The molecule has 0 unspecified atom stereocenters. The number of carbonyl (C=O) groups is 2. The Morgan fingerprint density at radius 2 is 1.77 bits per heavy atom. The van der Waals surface area contributed by atoms with Crippen LogP contribution in [0.25, 0.3) is 0 Å². The van der Waals surface area contributed by atoms with Crippen LogP contribution in [0, 0.1) is 0 Å². The average molecular weight is 448 g/mol. The van der Waals surface area contributed by atoms with Gasteiger partial charge in [-0.3, -0.25) is 9.69 Å². The van der Waals surface area contributed by atoms with Crippen LogP contribution >= 0.6 is 11.3 Å². The second-order valence-electron chi connectivity index (χ2n) is 6.62. The third-order valence-electron chi connectivity index (χ3n) is 4.45. The van der Waals surface area contributed by atoms with Crippen molar-refractivity contribution >= 4 is 34.0 Å². The third-order valence-corrected chi connectivity index (χ3v) is 5.33. The van der Waals surface area contributed by atoms with Crippen molar-refractivity contribution in [3.63, 3.8) is 0 Å². The molecule has 2 aromatic carbocycles. The second-order valence-corrected chi connectivity index (χ2v) is 7.45. The number of alkyl halides is 3. The number of esters is 1. The van der Waals surface area contributed by atoms with Gasteiger partial charge in [0.15, 0.2) is 5.13 Å². The van der Waals surface area contributed by atoms with Crippen LogP contribution in [0.5, 0.6) is 0 Å². The number of benzene rings is 2. The first kappa shape index (κ1) is 22.5. The number of amides is 1. The van der Waals surface area contributed by atoms with E-state index in [4.69, 9.17) is 4.74 Å². The minimum atomic E-state index is -4.67. The van der Waals surface area contributed by atoms with Gasteiger partial charge in [-0.25, -0.2) is 9.78 Å². The van der Waals surface area contributed by atoms with Crippen LogP contribution < -0.4 is 4.90 Å². The molecule has 1 amide bonds. The van der Waals surface area contributed by atoms with E-state index in [2.05, 4.69) is 4.98 Å². The SMILES string of the molecule is CCc1ccc(N(C(C)=O)c2nc(COC(=O)c3ccccc3C(F)(F)F)cs2)cc1. The van der Waals surface area contributed by atoms with E-state index in [1.54, 1.807) is 5.38 Å². The lowest BCUT2D eigenvalue weighted by atomic mass is 10.1. The van der Waals surface area contributed by atoms with E-state index in [-0.39, 0.29) is 12.5 Å². The number of hydrogen-bond acceptors (Lipinski definition) is 5. The van der Waals surface area contributed by atoms with Gasteiger partial charge < -0.3 is 4.74 Å². The second kappa shape index (κ2) is 9.30. The monoisotopic (exact) mass is 448 g/mol. The Morgan fingerprint density at radius 3 is 2.39 bits per heavy atom. The van der Waals surface area contributed by atoms with Gasteiger partial charge in [-0.2, -0.15) is 13.2 Å². The minimum absolute atomic E-state index is 0.249. The fourth-order valence-electron chi connectivity index (χ4n) is 2.90. The Balaban J connectivity index is 1.75. The van der Waals surface area contributed by atoms with Crippen molar-refractivity contribution in [2.24, 2.45) is 0 Å². The topological polar surface area (TPSA) is 59.5 Å². The molecule has 0 fully saturated rings. The average Bonchev–Trinajstić information content (AvgIpc) is 3.20. The summed E-state index contributed by atoms with van der Waals surface area (Å²) in [5.41, 5.74) is 0.471. The molecule has 0 N–H and O–H groups in total. The summed E-state index contributed by atoms with van der Waals surface area (Å²) in [7, 11) is 0. The molecular weight excluding hydrogens is 429 g/mol. The summed E-state index contributed by atoms with van der Waals surface area (Å²) in [5, 5.41) is 1.97. The zero-order valence-corrected chi connectivity index (χ0v) is 17.6. The van der Waals surface area contributed by atoms with Gasteiger partial charge in [-0.15, -0.1) is 11.3 Å². The normalized spacial score (nSPS) is 11.3. The van der Waals surface area contributed by atoms with Crippen LogP contribution in [0.3, 0.4) is 0 Å². The first-order valence-electron chi connectivity index (χ1n) is 9.38. The van der Waals surface area contributed by atoms with Crippen LogP contribution in [-0.2, 0) is 28.7 Å². The van der Waals surface area contributed by atoms with E-state index in [0.29, 0.717) is 16.5 Å². The first-order chi connectivity index (χ1) is 14.7. The number of aryl methyl sites for hydroxylation is 1. The molecule has 0 radical (unpaired) electrons. The number of anilines is 2. The maximum Gasteiger partial charge on any atom is 0.417 e. The van der Waals surface area contributed by atoms with Gasteiger partial charge >= 0.3 is 12.1 Å². The maximum atomic E-state index is 13.1. The van der Waals surface area contributed by atoms with Crippen molar-refractivity contribution < 1.29 is 27.5 Å². The van der Waals surface area contributed by atoms with Crippen molar-refractivity contribution in [1.82, 2.24) is 4.98 Å². The molecule has 0 aliphatic rings. The Hall–Kier alpha value is -3.20. The molecule has 1 heterocycles. The van der Waals surface area contributed by atoms with Crippen LogP contribution in [0.2, 0.25) is 0 Å². The lowest BCUT2D eigenvalue weighted by Gasteiger charge is -2.18. The van der Waals surface area contributed by atoms with Crippen molar-refractivity contribution in [2.75, 3.05) is 4.90 Å². The third kappa shape index (κ3) is 5.29. The fourth-order valence-corrected chi connectivity index (χ4v) is 3.77. The quantitative estimate of drug-likeness (QED) is 0.450. The summed E-state index contributed by atoms with van der Waals surface area (Å²) in [6, 6.07) is 11.9. The fraction of sp³-hybridized carbons (Fsp3) is 0.227. The van der Waals surface area contributed by atoms with E-state index in [1.807, 2.05) is 31.2 Å². The largest absolute Gasteiger partial charge is 0.456 e. The van der Waals surface area contributed by atoms with Gasteiger partial charge in [0, 0.05) is 12.3 Å². The molecule has 0 aliphatic heterocycles. The first-order valence-corrected chi connectivity index (χ1v) is 10.3. The lowest BCUT2D eigenvalue weighted by Crippen LogP contribution is -2.22. The number of aromatic nitrogens is 1. The number of halogens is 3. The van der Waals surface area contributed by atoms with Crippen molar-refractivity contribution in [3.8, 4) is 0 Å². The van der Waals surface area contributed by atoms with Gasteiger partial charge in [-0.05, 0) is 36.2 Å². The van der Waals surface area contributed by atoms with E-state index < -0.39 is 23.3 Å². The van der Waals surface area contributed by atoms with Gasteiger partial charge in [-0.1, -0.05) is 31.2 Å². The predicted octanol–water partition coefficient (Wildman–Crippen LogP) is 5.77. The molecule has 5 nitrogen and oxygen atoms in total.